The van der Waals surface area contributed by atoms with Gasteiger partial charge in [-0.1, -0.05) is 5.11 Å². The van der Waals surface area contributed by atoms with Crippen molar-refractivity contribution in [3.8, 4) is 0 Å². The molecule has 1 aliphatic carbocycles. The van der Waals surface area contributed by atoms with Gasteiger partial charge in [0.15, 0.2) is 0 Å². The summed E-state index contributed by atoms with van der Waals surface area (Å²) in [6.45, 7) is 0.911. The molecule has 18 heavy (non-hydrogen) atoms. The summed E-state index contributed by atoms with van der Waals surface area (Å²) < 4.78 is 5.27. The highest BCUT2D eigenvalue weighted by Crippen LogP contribution is 2.30. The summed E-state index contributed by atoms with van der Waals surface area (Å²) in [5.74, 6) is -0.826. The zero-order valence-corrected chi connectivity index (χ0v) is 10.6. The molecule has 7 nitrogen and oxygen atoms in total. The van der Waals surface area contributed by atoms with Crippen LogP contribution in [0.3, 0.4) is 0 Å². The summed E-state index contributed by atoms with van der Waals surface area (Å²) in [7, 11) is 1.62. The molecule has 2 unspecified atom stereocenters. The molecule has 2 N–H and O–H groups in total. The highest BCUT2D eigenvalue weighted by molar-refractivity contribution is 5.79. The summed E-state index contributed by atoms with van der Waals surface area (Å²) in [5.41, 5.74) is 7.25. The van der Waals surface area contributed by atoms with Crippen molar-refractivity contribution in [3.05, 3.63) is 10.4 Å². The minimum Gasteiger partial charge on any atom is -0.480 e. The number of carboxylic acid groups (broad SMARTS) is 1. The molecule has 1 aliphatic rings. The van der Waals surface area contributed by atoms with Crippen LogP contribution in [0, 0.1) is 0 Å². The van der Waals surface area contributed by atoms with Crippen molar-refractivity contribution < 1.29 is 14.6 Å². The van der Waals surface area contributed by atoms with Gasteiger partial charge in [0.1, 0.15) is 5.54 Å². The van der Waals surface area contributed by atoms with Crippen LogP contribution in [0.15, 0.2) is 5.11 Å². The second-order valence-corrected chi connectivity index (χ2v) is 4.58. The van der Waals surface area contributed by atoms with Crippen LogP contribution in [-0.2, 0) is 9.53 Å². The number of carboxylic acids is 1. The fourth-order valence-electron chi connectivity index (χ4n) is 2.38. The van der Waals surface area contributed by atoms with E-state index in [1.54, 1.807) is 7.11 Å². The zero-order valence-electron chi connectivity index (χ0n) is 10.6. The first-order chi connectivity index (χ1) is 8.64. The summed E-state index contributed by atoms with van der Waals surface area (Å²) >= 11 is 0. The molecule has 0 aromatic carbocycles. The van der Waals surface area contributed by atoms with Gasteiger partial charge in [0.2, 0.25) is 0 Å². The molecule has 2 atom stereocenters. The number of methoxy groups -OCH3 is 1. The molecule has 1 fully saturated rings. The van der Waals surface area contributed by atoms with Crippen molar-refractivity contribution in [2.75, 3.05) is 20.2 Å². The first-order valence-electron chi connectivity index (χ1n) is 6.17. The van der Waals surface area contributed by atoms with Crippen LogP contribution in [-0.4, -0.2) is 42.9 Å². The maximum Gasteiger partial charge on any atom is 0.323 e. The molecule has 7 heteroatoms. The number of rotatable bonds is 7. The van der Waals surface area contributed by atoms with E-state index in [2.05, 4.69) is 15.3 Å². The number of nitrogens with one attached hydrogen (secondary N) is 1. The SMILES string of the molecule is COC1CCCC(NCCCN=[N+]=[N-])(C(=O)O)C1. The van der Waals surface area contributed by atoms with Gasteiger partial charge in [0, 0.05) is 25.0 Å². The van der Waals surface area contributed by atoms with Gasteiger partial charge < -0.3 is 15.2 Å². The second kappa shape index (κ2) is 7.20. The van der Waals surface area contributed by atoms with E-state index in [-0.39, 0.29) is 6.10 Å². The molecule has 1 saturated carbocycles. The van der Waals surface area contributed by atoms with Gasteiger partial charge in [-0.25, -0.2) is 0 Å². The first-order valence-corrected chi connectivity index (χ1v) is 6.17. The Morgan fingerprint density at radius 3 is 3.11 bits per heavy atom. The molecule has 0 spiro atoms. The molecule has 0 bridgehead atoms. The van der Waals surface area contributed by atoms with Crippen molar-refractivity contribution >= 4 is 5.97 Å². The number of azide groups is 1. The van der Waals surface area contributed by atoms with Gasteiger partial charge in [-0.2, -0.15) is 0 Å². The van der Waals surface area contributed by atoms with Crippen LogP contribution in [0.4, 0.5) is 0 Å². The van der Waals surface area contributed by atoms with Crippen LogP contribution >= 0.6 is 0 Å². The minimum atomic E-state index is -0.894. The molecule has 0 saturated heterocycles. The van der Waals surface area contributed by atoms with Crippen molar-refractivity contribution in [1.29, 1.82) is 0 Å². The van der Waals surface area contributed by atoms with Gasteiger partial charge in [-0.3, -0.25) is 4.79 Å². The number of ether oxygens (including phenoxy) is 1. The third-order valence-corrected chi connectivity index (χ3v) is 3.41. The van der Waals surface area contributed by atoms with Crippen molar-refractivity contribution in [1.82, 2.24) is 5.32 Å². The van der Waals surface area contributed by atoms with E-state index >= 15 is 0 Å². The first kappa shape index (κ1) is 14.8. The predicted octanol–water partition coefficient (Wildman–Crippen LogP) is 1.69. The fourth-order valence-corrected chi connectivity index (χ4v) is 2.38. The standard InChI is InChI=1S/C11H20N4O3/c1-18-9-4-2-5-11(8-9,10(16)17)13-6-3-7-14-15-12/h9,13H,2-8H2,1H3,(H,16,17). The van der Waals surface area contributed by atoms with E-state index in [1.807, 2.05) is 0 Å². The molecule has 0 aromatic heterocycles. The highest BCUT2D eigenvalue weighted by Gasteiger charge is 2.42. The Morgan fingerprint density at radius 1 is 1.72 bits per heavy atom. The maximum atomic E-state index is 11.5. The van der Waals surface area contributed by atoms with Crippen LogP contribution in [0.2, 0.25) is 0 Å². The van der Waals surface area contributed by atoms with Gasteiger partial charge in [0.05, 0.1) is 6.10 Å². The Kier molecular flexibility index (Phi) is 5.91. The molecule has 0 radical (unpaired) electrons. The van der Waals surface area contributed by atoms with Crippen LogP contribution in [0.5, 0.6) is 0 Å². The number of carbonyl (C=O) groups is 1. The number of hydrogen-bond acceptors (Lipinski definition) is 4. The van der Waals surface area contributed by atoms with E-state index in [1.165, 1.54) is 0 Å². The minimum absolute atomic E-state index is 0.000482. The number of aliphatic carboxylic acids is 1. The van der Waals surface area contributed by atoms with Gasteiger partial charge in [-0.15, -0.1) is 0 Å². The third kappa shape index (κ3) is 3.87. The average molecular weight is 256 g/mol. The average Bonchev–Trinajstić information content (AvgIpc) is 2.38. The Bertz CT molecular complexity index is 330. The Hall–Kier alpha value is -1.30. The molecule has 0 aromatic rings. The van der Waals surface area contributed by atoms with E-state index in [4.69, 9.17) is 10.3 Å². The van der Waals surface area contributed by atoms with Gasteiger partial charge >= 0.3 is 5.97 Å². The van der Waals surface area contributed by atoms with Crippen molar-refractivity contribution in [2.45, 2.75) is 43.7 Å². The number of hydrogen-bond donors (Lipinski definition) is 2. The summed E-state index contributed by atoms with van der Waals surface area (Å²) in [4.78, 5) is 14.1. The smallest absolute Gasteiger partial charge is 0.323 e. The molecule has 1 rings (SSSR count). The fraction of sp³-hybridized carbons (Fsp3) is 0.909. The monoisotopic (exact) mass is 256 g/mol. The quantitative estimate of drug-likeness (QED) is 0.313. The maximum absolute atomic E-state index is 11.5. The van der Waals surface area contributed by atoms with Crippen molar-refractivity contribution in [2.24, 2.45) is 5.11 Å². The van der Waals surface area contributed by atoms with E-state index in [9.17, 15) is 9.90 Å². The number of nitrogens with zero attached hydrogens (tertiary/aromatic N) is 3. The summed E-state index contributed by atoms with van der Waals surface area (Å²) in [6.07, 6.45) is 3.49. The lowest BCUT2D eigenvalue weighted by Gasteiger charge is -2.37. The zero-order chi connectivity index (χ0) is 13.4. The van der Waals surface area contributed by atoms with E-state index in [0.717, 1.165) is 12.8 Å². The van der Waals surface area contributed by atoms with Crippen molar-refractivity contribution in [3.63, 3.8) is 0 Å². The lowest BCUT2D eigenvalue weighted by Crippen LogP contribution is -2.56. The van der Waals surface area contributed by atoms with E-state index < -0.39 is 11.5 Å². The molecular weight excluding hydrogens is 236 g/mol. The second-order valence-electron chi connectivity index (χ2n) is 4.58. The van der Waals surface area contributed by atoms with Gasteiger partial charge in [0.25, 0.3) is 0 Å². The Morgan fingerprint density at radius 2 is 2.50 bits per heavy atom. The summed E-state index contributed by atoms with van der Waals surface area (Å²) in [6, 6.07) is 0. The lowest BCUT2D eigenvalue weighted by atomic mass is 9.80. The topological polar surface area (TPSA) is 107 Å². The molecule has 0 aliphatic heterocycles. The summed E-state index contributed by atoms with van der Waals surface area (Å²) in [5, 5.41) is 15.9. The molecule has 102 valence electrons. The Labute approximate surface area is 106 Å². The van der Waals surface area contributed by atoms with Gasteiger partial charge in [-0.05, 0) is 37.8 Å². The van der Waals surface area contributed by atoms with Crippen LogP contribution < -0.4 is 5.32 Å². The van der Waals surface area contributed by atoms with Crippen LogP contribution in [0.1, 0.15) is 32.1 Å². The third-order valence-electron chi connectivity index (χ3n) is 3.41. The van der Waals surface area contributed by atoms with Crippen LogP contribution in [0.25, 0.3) is 10.4 Å². The molecular formula is C11H20N4O3. The predicted molar refractivity (Wildman–Crippen MR) is 66.3 cm³/mol. The Balaban J connectivity index is 2.52. The van der Waals surface area contributed by atoms with E-state index in [0.29, 0.717) is 32.4 Å². The highest BCUT2D eigenvalue weighted by atomic mass is 16.5. The lowest BCUT2D eigenvalue weighted by molar-refractivity contribution is -0.148. The molecule has 0 amide bonds. The molecule has 0 heterocycles. The largest absolute Gasteiger partial charge is 0.480 e. The normalized spacial score (nSPS) is 27.5.